The molecule has 1 aromatic heterocycles. The fraction of sp³-hybridized carbons (Fsp3) is 0.308. The number of halogens is 3. The van der Waals surface area contributed by atoms with Gasteiger partial charge < -0.3 is 0 Å². The van der Waals surface area contributed by atoms with Gasteiger partial charge in [0.1, 0.15) is 5.82 Å². The summed E-state index contributed by atoms with van der Waals surface area (Å²) in [4.78, 5) is 0. The molecule has 0 aliphatic carbocycles. The minimum Gasteiger partial charge on any atom is -0.271 e. The molecule has 1 atom stereocenters. The fourth-order valence-electron chi connectivity index (χ4n) is 2.14. The van der Waals surface area contributed by atoms with Gasteiger partial charge in [-0.2, -0.15) is 5.10 Å². The molecule has 2 aromatic rings. The monoisotopic (exact) mass is 452 g/mol. The Morgan fingerprint density at radius 1 is 1.55 bits per heavy atom. The van der Waals surface area contributed by atoms with E-state index in [4.69, 9.17) is 5.84 Å². The van der Waals surface area contributed by atoms with E-state index in [9.17, 15) is 4.39 Å². The van der Waals surface area contributed by atoms with Crippen LogP contribution in [0.15, 0.2) is 22.7 Å². The van der Waals surface area contributed by atoms with Crippen LogP contribution in [0.2, 0.25) is 0 Å². The van der Waals surface area contributed by atoms with Crippen LogP contribution in [-0.4, -0.2) is 9.78 Å². The molecule has 7 heteroatoms. The second-order valence-electron chi connectivity index (χ2n) is 4.56. The summed E-state index contributed by atoms with van der Waals surface area (Å²) < 4.78 is 16.9. The highest BCUT2D eigenvalue weighted by molar-refractivity contribution is 14.1. The van der Waals surface area contributed by atoms with E-state index in [0.29, 0.717) is 6.42 Å². The van der Waals surface area contributed by atoms with Crippen LogP contribution >= 0.6 is 38.5 Å². The molecule has 0 aliphatic rings. The number of aryl methyl sites for hydroxylation is 2. The predicted molar refractivity (Wildman–Crippen MR) is 88.5 cm³/mol. The first-order valence-corrected chi connectivity index (χ1v) is 7.90. The van der Waals surface area contributed by atoms with Crippen LogP contribution in [0.3, 0.4) is 0 Å². The molecule has 1 heterocycles. The van der Waals surface area contributed by atoms with Crippen molar-refractivity contribution in [1.29, 1.82) is 0 Å². The molecule has 3 N–H and O–H groups in total. The largest absolute Gasteiger partial charge is 0.271 e. The summed E-state index contributed by atoms with van der Waals surface area (Å²) in [5.74, 6) is 5.43. The van der Waals surface area contributed by atoms with Gasteiger partial charge in [0, 0.05) is 17.0 Å². The molecule has 0 saturated carbocycles. The highest BCUT2D eigenvalue weighted by Gasteiger charge is 2.19. The van der Waals surface area contributed by atoms with E-state index in [1.807, 2.05) is 18.7 Å². The van der Waals surface area contributed by atoms with Crippen LogP contribution in [0, 0.1) is 16.3 Å². The Hall–Kier alpha value is -0.510. The summed E-state index contributed by atoms with van der Waals surface area (Å²) in [6, 6.07) is 4.61. The molecule has 20 heavy (non-hydrogen) atoms. The zero-order valence-electron chi connectivity index (χ0n) is 11.1. The Morgan fingerprint density at radius 3 is 2.75 bits per heavy atom. The van der Waals surface area contributed by atoms with E-state index >= 15 is 0 Å². The number of rotatable bonds is 4. The molecule has 0 radical (unpaired) electrons. The standard InChI is InChI=1S/C13H15BrFIN4/c1-7-13(14)12(20(2)19-7)6-11(18-17)9-4-3-8(15)5-10(9)16/h3-5,11,18H,6,17H2,1-2H3. The molecular formula is C13H15BrFIN4. The Bertz CT molecular complexity index is 629. The average molecular weight is 453 g/mol. The number of hydrogen-bond donors (Lipinski definition) is 2. The van der Waals surface area contributed by atoms with Crippen LogP contribution in [0.1, 0.15) is 23.0 Å². The molecule has 0 saturated heterocycles. The zero-order chi connectivity index (χ0) is 14.9. The SMILES string of the molecule is Cc1nn(C)c(CC(NN)c2ccc(F)cc2I)c1Br. The summed E-state index contributed by atoms with van der Waals surface area (Å²) in [5.41, 5.74) is 5.76. The number of nitrogens with one attached hydrogen (secondary N) is 1. The van der Waals surface area contributed by atoms with E-state index < -0.39 is 0 Å². The van der Waals surface area contributed by atoms with Crippen molar-refractivity contribution in [1.82, 2.24) is 15.2 Å². The van der Waals surface area contributed by atoms with Gasteiger partial charge in [-0.3, -0.25) is 16.0 Å². The van der Waals surface area contributed by atoms with E-state index in [1.54, 1.807) is 6.07 Å². The summed E-state index contributed by atoms with van der Waals surface area (Å²) in [6.45, 7) is 1.94. The van der Waals surface area contributed by atoms with Crippen molar-refractivity contribution < 1.29 is 4.39 Å². The van der Waals surface area contributed by atoms with E-state index in [-0.39, 0.29) is 11.9 Å². The van der Waals surface area contributed by atoms with E-state index in [1.165, 1.54) is 12.1 Å². The molecule has 1 aromatic carbocycles. The lowest BCUT2D eigenvalue weighted by Gasteiger charge is -2.18. The van der Waals surface area contributed by atoms with Crippen LogP contribution < -0.4 is 11.3 Å². The lowest BCUT2D eigenvalue weighted by atomic mass is 10.0. The summed E-state index contributed by atoms with van der Waals surface area (Å²) in [5, 5.41) is 4.37. The number of hydrogen-bond acceptors (Lipinski definition) is 3. The number of benzene rings is 1. The van der Waals surface area contributed by atoms with E-state index in [2.05, 4.69) is 49.0 Å². The smallest absolute Gasteiger partial charge is 0.124 e. The minimum absolute atomic E-state index is 0.103. The van der Waals surface area contributed by atoms with Gasteiger partial charge in [-0.15, -0.1) is 0 Å². The van der Waals surface area contributed by atoms with Gasteiger partial charge in [0.05, 0.1) is 21.9 Å². The highest BCUT2D eigenvalue weighted by atomic mass is 127. The fourth-order valence-corrected chi connectivity index (χ4v) is 3.49. The quantitative estimate of drug-likeness (QED) is 0.426. The molecule has 0 amide bonds. The minimum atomic E-state index is -0.244. The predicted octanol–water partition coefficient (Wildman–Crippen LogP) is 2.98. The number of nitrogens with two attached hydrogens (primary N) is 1. The zero-order valence-corrected chi connectivity index (χ0v) is 14.9. The molecule has 1 unspecified atom stereocenters. The first kappa shape index (κ1) is 15.9. The molecule has 4 nitrogen and oxygen atoms in total. The maximum atomic E-state index is 13.2. The number of nitrogens with zero attached hydrogens (tertiary/aromatic N) is 2. The van der Waals surface area contributed by atoms with Gasteiger partial charge >= 0.3 is 0 Å². The maximum absolute atomic E-state index is 13.2. The van der Waals surface area contributed by atoms with Crippen LogP contribution in [0.4, 0.5) is 4.39 Å². The van der Waals surface area contributed by atoms with E-state index in [0.717, 1.165) is 25.0 Å². The lowest BCUT2D eigenvalue weighted by molar-refractivity contribution is 0.525. The first-order chi connectivity index (χ1) is 9.43. The molecule has 0 spiro atoms. The molecule has 0 aliphatic heterocycles. The third-order valence-corrected chi connectivity index (χ3v) is 5.16. The highest BCUT2D eigenvalue weighted by Crippen LogP contribution is 2.28. The molecule has 2 rings (SSSR count). The molecule has 108 valence electrons. The van der Waals surface area contributed by atoms with Crippen LogP contribution in [-0.2, 0) is 13.5 Å². The average Bonchev–Trinajstić information content (AvgIpc) is 2.62. The van der Waals surface area contributed by atoms with Gasteiger partial charge in [-0.25, -0.2) is 4.39 Å². The van der Waals surface area contributed by atoms with Crippen molar-refractivity contribution in [2.75, 3.05) is 0 Å². The van der Waals surface area contributed by atoms with Gasteiger partial charge in [0.15, 0.2) is 0 Å². The van der Waals surface area contributed by atoms with Gasteiger partial charge in [-0.05, 0) is 63.1 Å². The third-order valence-electron chi connectivity index (χ3n) is 3.20. The number of aromatic nitrogens is 2. The maximum Gasteiger partial charge on any atom is 0.124 e. The second-order valence-corrected chi connectivity index (χ2v) is 6.51. The van der Waals surface area contributed by atoms with Crippen molar-refractivity contribution >= 4 is 38.5 Å². The number of hydrazine groups is 1. The van der Waals surface area contributed by atoms with Crippen molar-refractivity contribution in [3.63, 3.8) is 0 Å². The Kier molecular flexibility index (Phi) is 5.16. The molecule has 0 bridgehead atoms. The molecule has 0 fully saturated rings. The van der Waals surface area contributed by atoms with Gasteiger partial charge in [0.25, 0.3) is 0 Å². The van der Waals surface area contributed by atoms with Gasteiger partial charge in [-0.1, -0.05) is 6.07 Å². The first-order valence-electron chi connectivity index (χ1n) is 6.03. The van der Waals surface area contributed by atoms with Crippen molar-refractivity contribution in [3.8, 4) is 0 Å². The van der Waals surface area contributed by atoms with Crippen molar-refractivity contribution in [3.05, 3.63) is 49.0 Å². The topological polar surface area (TPSA) is 55.9 Å². The lowest BCUT2D eigenvalue weighted by Crippen LogP contribution is -2.30. The Balaban J connectivity index is 2.33. The van der Waals surface area contributed by atoms with Gasteiger partial charge in [0.2, 0.25) is 0 Å². The third kappa shape index (κ3) is 3.21. The van der Waals surface area contributed by atoms with Crippen LogP contribution in [0.25, 0.3) is 0 Å². The van der Waals surface area contributed by atoms with Crippen LogP contribution in [0.5, 0.6) is 0 Å². The summed E-state index contributed by atoms with van der Waals surface area (Å²) in [7, 11) is 1.90. The normalized spacial score (nSPS) is 12.7. The summed E-state index contributed by atoms with van der Waals surface area (Å²) in [6.07, 6.45) is 0.663. The van der Waals surface area contributed by atoms with Crippen molar-refractivity contribution in [2.45, 2.75) is 19.4 Å². The molecular weight excluding hydrogens is 438 g/mol. The second kappa shape index (κ2) is 6.50. The van der Waals surface area contributed by atoms with Crippen molar-refractivity contribution in [2.24, 2.45) is 12.9 Å². The Morgan fingerprint density at radius 2 is 2.25 bits per heavy atom. The summed E-state index contributed by atoms with van der Waals surface area (Å²) >= 11 is 5.67. The Labute approximate surface area is 139 Å².